The zero-order valence-corrected chi connectivity index (χ0v) is 12.6. The van der Waals surface area contributed by atoms with Gasteiger partial charge in [0.2, 0.25) is 0 Å². The van der Waals surface area contributed by atoms with Gasteiger partial charge in [-0.05, 0) is 25.7 Å². The summed E-state index contributed by atoms with van der Waals surface area (Å²) in [6, 6.07) is 0.889. The van der Waals surface area contributed by atoms with Gasteiger partial charge in [-0.25, -0.2) is 4.79 Å². The minimum atomic E-state index is 0.108. The molecule has 0 aromatic rings. The second-order valence-electron chi connectivity index (χ2n) is 5.84. The van der Waals surface area contributed by atoms with Crippen LogP contribution in [0.25, 0.3) is 0 Å². The molecule has 0 saturated heterocycles. The summed E-state index contributed by atoms with van der Waals surface area (Å²) in [5, 5.41) is 8.82. The van der Waals surface area contributed by atoms with E-state index >= 15 is 0 Å². The third kappa shape index (κ3) is 4.56. The predicted molar refractivity (Wildman–Crippen MR) is 80.8 cm³/mol. The van der Waals surface area contributed by atoms with Gasteiger partial charge in [-0.3, -0.25) is 5.14 Å². The number of rotatable bonds is 4. The van der Waals surface area contributed by atoms with E-state index in [1.165, 1.54) is 50.5 Å². The molecule has 0 aromatic heterocycles. The lowest BCUT2D eigenvalue weighted by molar-refractivity contribution is 0.163. The molecule has 0 bridgehead atoms. The van der Waals surface area contributed by atoms with E-state index in [-0.39, 0.29) is 6.03 Å². The van der Waals surface area contributed by atoms with Gasteiger partial charge < -0.3 is 10.2 Å². The van der Waals surface area contributed by atoms with Gasteiger partial charge in [0.15, 0.2) is 0 Å². The van der Waals surface area contributed by atoms with Crippen LogP contribution in [0.4, 0.5) is 4.79 Å². The molecule has 2 rings (SSSR count). The Morgan fingerprint density at radius 2 is 1.63 bits per heavy atom. The lowest BCUT2D eigenvalue weighted by Gasteiger charge is -2.35. The highest BCUT2D eigenvalue weighted by Crippen LogP contribution is 2.24. The first kappa shape index (κ1) is 15.0. The number of nitrogens with two attached hydrogens (primary N) is 1. The highest BCUT2D eigenvalue weighted by atomic mass is 32.2. The van der Waals surface area contributed by atoms with Gasteiger partial charge in [0.1, 0.15) is 0 Å². The molecule has 0 spiro atoms. The molecule has 0 aromatic carbocycles. The summed E-state index contributed by atoms with van der Waals surface area (Å²) in [7, 11) is 0. The smallest absolute Gasteiger partial charge is 0.318 e. The quantitative estimate of drug-likeness (QED) is 0.616. The van der Waals surface area contributed by atoms with Crippen molar-refractivity contribution in [1.29, 1.82) is 0 Å². The molecule has 2 fully saturated rings. The van der Waals surface area contributed by atoms with E-state index in [1.54, 1.807) is 0 Å². The van der Waals surface area contributed by atoms with Crippen molar-refractivity contribution < 1.29 is 4.79 Å². The van der Waals surface area contributed by atoms with E-state index in [4.69, 9.17) is 5.14 Å². The molecule has 19 heavy (non-hydrogen) atoms. The molecule has 2 aliphatic rings. The van der Waals surface area contributed by atoms with Gasteiger partial charge in [-0.15, -0.1) is 0 Å². The van der Waals surface area contributed by atoms with Gasteiger partial charge in [0.05, 0.1) is 5.88 Å². The molecule has 0 unspecified atom stereocenters. The Morgan fingerprint density at radius 1 is 1.05 bits per heavy atom. The first-order valence-electron chi connectivity index (χ1n) is 7.70. The molecular formula is C14H27N3OS. The predicted octanol–water partition coefficient (Wildman–Crippen LogP) is 3.23. The molecule has 3 N–H and O–H groups in total. The maximum Gasteiger partial charge on any atom is 0.318 e. The van der Waals surface area contributed by atoms with Gasteiger partial charge in [-0.2, -0.15) is 0 Å². The summed E-state index contributed by atoms with van der Waals surface area (Å²) in [5.41, 5.74) is 0. The Bertz CT molecular complexity index is 276. The van der Waals surface area contributed by atoms with Gasteiger partial charge >= 0.3 is 6.03 Å². The fraction of sp³-hybridized carbons (Fsp3) is 0.929. The van der Waals surface area contributed by atoms with E-state index < -0.39 is 0 Å². The largest absolute Gasteiger partial charge is 0.335 e. The van der Waals surface area contributed by atoms with Crippen LogP contribution in [0.5, 0.6) is 0 Å². The van der Waals surface area contributed by atoms with Crippen molar-refractivity contribution in [1.82, 2.24) is 10.2 Å². The van der Waals surface area contributed by atoms with Crippen molar-refractivity contribution in [2.75, 3.05) is 5.88 Å². The molecule has 5 heteroatoms. The minimum Gasteiger partial charge on any atom is -0.335 e. The molecule has 2 aliphatic carbocycles. The number of carbonyl (C=O) groups is 1. The third-order valence-electron chi connectivity index (χ3n) is 4.42. The maximum absolute atomic E-state index is 12.4. The van der Waals surface area contributed by atoms with Crippen molar-refractivity contribution >= 4 is 18.0 Å². The van der Waals surface area contributed by atoms with Crippen LogP contribution in [-0.4, -0.2) is 28.9 Å². The molecule has 0 heterocycles. The lowest BCUT2D eigenvalue weighted by atomic mass is 9.94. The Morgan fingerprint density at radius 3 is 2.21 bits per heavy atom. The zero-order valence-electron chi connectivity index (χ0n) is 11.8. The summed E-state index contributed by atoms with van der Waals surface area (Å²) >= 11 is 1.26. The number of urea groups is 1. The molecule has 0 radical (unpaired) electrons. The van der Waals surface area contributed by atoms with Crippen LogP contribution in [0, 0.1) is 0 Å². The second kappa shape index (κ2) is 8.00. The van der Waals surface area contributed by atoms with Crippen LogP contribution >= 0.6 is 11.9 Å². The van der Waals surface area contributed by atoms with E-state index in [0.717, 1.165) is 25.7 Å². The monoisotopic (exact) mass is 285 g/mol. The van der Waals surface area contributed by atoms with Crippen LogP contribution in [0.3, 0.4) is 0 Å². The fourth-order valence-electron chi connectivity index (χ4n) is 3.31. The molecule has 2 amide bonds. The first-order chi connectivity index (χ1) is 9.31. The molecule has 0 aliphatic heterocycles. The van der Waals surface area contributed by atoms with Crippen molar-refractivity contribution in [3.63, 3.8) is 0 Å². The van der Waals surface area contributed by atoms with Crippen LogP contribution in [0.2, 0.25) is 0 Å². The number of nitrogens with zero attached hydrogens (tertiary/aromatic N) is 1. The zero-order chi connectivity index (χ0) is 13.5. The molecule has 0 atom stereocenters. The summed E-state index contributed by atoms with van der Waals surface area (Å²) in [5.74, 6) is 0.614. The SMILES string of the molecule is NSCN(C(=O)NC1CCCCC1)C1CCCCC1. The lowest BCUT2D eigenvalue weighted by Crippen LogP contribution is -2.50. The minimum absolute atomic E-state index is 0.108. The molecule has 2 saturated carbocycles. The van der Waals surface area contributed by atoms with Crippen LogP contribution in [-0.2, 0) is 0 Å². The van der Waals surface area contributed by atoms with Crippen molar-refractivity contribution in [2.45, 2.75) is 76.3 Å². The van der Waals surface area contributed by atoms with Crippen molar-refractivity contribution in [2.24, 2.45) is 5.14 Å². The third-order valence-corrected chi connectivity index (χ3v) is 4.85. The Labute approximate surface area is 121 Å². The average Bonchev–Trinajstić information content (AvgIpc) is 2.46. The van der Waals surface area contributed by atoms with Gasteiger partial charge in [-0.1, -0.05) is 50.5 Å². The van der Waals surface area contributed by atoms with Crippen LogP contribution in [0.15, 0.2) is 0 Å². The maximum atomic E-state index is 12.4. The number of nitrogens with one attached hydrogen (secondary N) is 1. The average molecular weight is 285 g/mol. The van der Waals surface area contributed by atoms with Crippen molar-refractivity contribution in [3.05, 3.63) is 0 Å². The Kier molecular flexibility index (Phi) is 6.31. The van der Waals surface area contributed by atoms with E-state index in [9.17, 15) is 4.79 Å². The van der Waals surface area contributed by atoms with Crippen molar-refractivity contribution in [3.8, 4) is 0 Å². The molecule has 4 nitrogen and oxygen atoms in total. The number of carbonyl (C=O) groups excluding carboxylic acids is 1. The van der Waals surface area contributed by atoms with Crippen LogP contribution in [0.1, 0.15) is 64.2 Å². The highest BCUT2D eigenvalue weighted by Gasteiger charge is 2.26. The second-order valence-corrected chi connectivity index (χ2v) is 6.43. The number of hydrogen-bond donors (Lipinski definition) is 2. The molecule has 110 valence electrons. The molecular weight excluding hydrogens is 258 g/mol. The Balaban J connectivity index is 1.87. The summed E-state index contributed by atoms with van der Waals surface area (Å²) < 4.78 is 0. The first-order valence-corrected chi connectivity index (χ1v) is 8.75. The summed E-state index contributed by atoms with van der Waals surface area (Å²) in [6.45, 7) is 0. The highest BCUT2D eigenvalue weighted by molar-refractivity contribution is 7.97. The van der Waals surface area contributed by atoms with Gasteiger partial charge in [0, 0.05) is 12.1 Å². The number of amides is 2. The van der Waals surface area contributed by atoms with E-state index in [2.05, 4.69) is 5.32 Å². The van der Waals surface area contributed by atoms with E-state index in [0.29, 0.717) is 18.0 Å². The normalized spacial score (nSPS) is 22.2. The Hall–Kier alpha value is -0.420. The standard InChI is InChI=1S/C14H27N3OS/c15-19-11-17(13-9-5-2-6-10-13)14(18)16-12-7-3-1-4-8-12/h12-13H,1-11,15H2,(H,16,18). The summed E-state index contributed by atoms with van der Waals surface area (Å²) in [6.07, 6.45) is 12.2. The van der Waals surface area contributed by atoms with Gasteiger partial charge in [0.25, 0.3) is 0 Å². The fourth-order valence-corrected chi connectivity index (χ4v) is 3.80. The van der Waals surface area contributed by atoms with E-state index in [1.807, 2.05) is 4.90 Å². The summed E-state index contributed by atoms with van der Waals surface area (Å²) in [4.78, 5) is 14.4. The topological polar surface area (TPSA) is 58.4 Å². The number of hydrogen-bond acceptors (Lipinski definition) is 3. The van der Waals surface area contributed by atoms with Crippen LogP contribution < -0.4 is 10.5 Å².